The van der Waals surface area contributed by atoms with Gasteiger partial charge < -0.3 is 14.2 Å². The van der Waals surface area contributed by atoms with E-state index in [2.05, 4.69) is 37.4 Å². The number of para-hydroxylation sites is 1. The minimum Gasteiger partial charge on any atom is -0.406 e. The summed E-state index contributed by atoms with van der Waals surface area (Å²) in [5.74, 6) is 1.17. The Labute approximate surface area is 232 Å². The van der Waals surface area contributed by atoms with Crippen molar-refractivity contribution in [1.29, 1.82) is 0 Å². The predicted molar refractivity (Wildman–Crippen MR) is 148 cm³/mol. The molecule has 0 bridgehead atoms. The summed E-state index contributed by atoms with van der Waals surface area (Å²) in [6.45, 7) is 3.83. The maximum Gasteiger partial charge on any atom is 0.573 e. The van der Waals surface area contributed by atoms with Crippen molar-refractivity contribution >= 4 is 22.9 Å². The van der Waals surface area contributed by atoms with E-state index in [4.69, 9.17) is 0 Å². The standard InChI is InChI=1S/C32H34F3N3O2/c33-32(34,35)40-25-12-9-21(10-13-25)18-37-19-24(26-6-1-2-8-28(26)37)17-22-11-14-29-27-7-4-16-36-15-3-5-23(30(27)36)20-38(29)31(22)39/h1-2,6,8-10,12-13,17,19,23,27,29-30H,3-5,7,11,14-16,18,20H2/b22-17+/t23-,27+,29+,30-/m0/s1. The molecule has 4 aliphatic rings. The minimum absolute atomic E-state index is 0.203. The Morgan fingerprint density at radius 3 is 2.55 bits per heavy atom. The zero-order valence-electron chi connectivity index (χ0n) is 22.4. The first-order chi connectivity index (χ1) is 19.3. The van der Waals surface area contributed by atoms with Crippen LogP contribution in [0.3, 0.4) is 0 Å². The van der Waals surface area contributed by atoms with Gasteiger partial charge in [-0.25, -0.2) is 0 Å². The van der Waals surface area contributed by atoms with E-state index in [9.17, 15) is 18.0 Å². The van der Waals surface area contributed by atoms with Crippen LogP contribution in [-0.2, 0) is 11.3 Å². The van der Waals surface area contributed by atoms with Gasteiger partial charge in [0.15, 0.2) is 0 Å². The second kappa shape index (κ2) is 9.98. The fourth-order valence-electron chi connectivity index (χ4n) is 8.03. The van der Waals surface area contributed by atoms with E-state index in [1.54, 1.807) is 12.1 Å². The molecule has 4 saturated heterocycles. The molecule has 0 saturated carbocycles. The Balaban J connectivity index is 1.14. The smallest absolute Gasteiger partial charge is 0.406 e. The Hall–Kier alpha value is -3.26. The second-order valence-corrected chi connectivity index (χ2v) is 11.9. The van der Waals surface area contributed by atoms with Crippen LogP contribution in [0.25, 0.3) is 17.0 Å². The number of benzene rings is 2. The minimum atomic E-state index is -4.71. The van der Waals surface area contributed by atoms with Gasteiger partial charge in [-0.15, -0.1) is 13.2 Å². The molecule has 210 valence electrons. The van der Waals surface area contributed by atoms with Crippen molar-refractivity contribution in [3.8, 4) is 5.75 Å². The lowest BCUT2D eigenvalue weighted by atomic mass is 9.67. The maximum absolute atomic E-state index is 13.9. The number of fused-ring (bicyclic) bond motifs is 3. The van der Waals surface area contributed by atoms with Gasteiger partial charge in [0.25, 0.3) is 0 Å². The molecule has 4 atom stereocenters. The van der Waals surface area contributed by atoms with Crippen molar-refractivity contribution in [2.75, 3.05) is 19.6 Å². The highest BCUT2D eigenvalue weighted by atomic mass is 19.4. The van der Waals surface area contributed by atoms with Gasteiger partial charge in [0.05, 0.1) is 0 Å². The number of rotatable bonds is 4. The molecule has 0 unspecified atom stereocenters. The molecule has 0 spiro atoms. The number of nitrogens with zero attached hydrogens (tertiary/aromatic N) is 3. The molecular formula is C32H34F3N3O2. The largest absolute Gasteiger partial charge is 0.573 e. The molecule has 5 heterocycles. The Morgan fingerprint density at radius 2 is 1.75 bits per heavy atom. The number of hydrogen-bond acceptors (Lipinski definition) is 3. The van der Waals surface area contributed by atoms with E-state index in [-0.39, 0.29) is 11.7 Å². The molecule has 40 heavy (non-hydrogen) atoms. The highest BCUT2D eigenvalue weighted by Gasteiger charge is 2.51. The molecule has 5 nitrogen and oxygen atoms in total. The number of ether oxygens (including phenoxy) is 1. The maximum atomic E-state index is 13.9. The summed E-state index contributed by atoms with van der Waals surface area (Å²) < 4.78 is 43.7. The Kier molecular flexibility index (Phi) is 6.41. The molecule has 8 heteroatoms. The van der Waals surface area contributed by atoms with Crippen LogP contribution in [0.2, 0.25) is 0 Å². The van der Waals surface area contributed by atoms with Crippen molar-refractivity contribution in [3.63, 3.8) is 0 Å². The van der Waals surface area contributed by atoms with E-state index in [0.29, 0.717) is 30.5 Å². The van der Waals surface area contributed by atoms with Crippen LogP contribution in [0.1, 0.15) is 49.7 Å². The zero-order chi connectivity index (χ0) is 27.4. The van der Waals surface area contributed by atoms with Gasteiger partial charge in [-0.2, -0.15) is 0 Å². The average molecular weight is 550 g/mol. The first-order valence-corrected chi connectivity index (χ1v) is 14.5. The fourth-order valence-corrected chi connectivity index (χ4v) is 8.03. The second-order valence-electron chi connectivity index (χ2n) is 11.9. The number of alkyl halides is 3. The summed E-state index contributed by atoms with van der Waals surface area (Å²) in [6, 6.07) is 15.1. The summed E-state index contributed by atoms with van der Waals surface area (Å²) in [6.07, 6.45) is 6.21. The third-order valence-electron chi connectivity index (χ3n) is 9.58. The van der Waals surface area contributed by atoms with E-state index >= 15 is 0 Å². The number of carbonyl (C=O) groups is 1. The third kappa shape index (κ3) is 4.70. The van der Waals surface area contributed by atoms with E-state index in [0.717, 1.165) is 47.0 Å². The SMILES string of the molecule is O=C1/C(=C/c2cn(Cc3ccc(OC(F)(F)F)cc3)c3ccccc23)CC[C@@H]2[C@H]3CCCN4CCC[C@@H](CN12)[C@@H]34. The van der Waals surface area contributed by atoms with E-state index < -0.39 is 6.36 Å². The van der Waals surface area contributed by atoms with Crippen LogP contribution in [0.4, 0.5) is 13.2 Å². The molecular weight excluding hydrogens is 515 g/mol. The first-order valence-electron chi connectivity index (χ1n) is 14.5. The van der Waals surface area contributed by atoms with Gasteiger partial charge in [-0.3, -0.25) is 9.69 Å². The zero-order valence-corrected chi connectivity index (χ0v) is 22.4. The normalized spacial score (nSPS) is 28.0. The van der Waals surface area contributed by atoms with Crippen LogP contribution in [0.5, 0.6) is 5.75 Å². The highest BCUT2D eigenvalue weighted by molar-refractivity contribution is 6.01. The summed E-state index contributed by atoms with van der Waals surface area (Å²) in [4.78, 5) is 18.9. The molecule has 4 aliphatic heterocycles. The summed E-state index contributed by atoms with van der Waals surface area (Å²) >= 11 is 0. The molecule has 2 aromatic carbocycles. The Morgan fingerprint density at radius 1 is 0.975 bits per heavy atom. The van der Waals surface area contributed by atoms with Crippen molar-refractivity contribution in [2.45, 2.75) is 63.5 Å². The van der Waals surface area contributed by atoms with Crippen LogP contribution >= 0.6 is 0 Å². The molecule has 0 radical (unpaired) electrons. The van der Waals surface area contributed by atoms with Crippen molar-refractivity contribution in [3.05, 3.63) is 71.4 Å². The molecule has 1 amide bonds. The number of carbonyl (C=O) groups excluding carboxylic acids is 1. The van der Waals surface area contributed by atoms with Gasteiger partial charge in [0.1, 0.15) is 5.75 Å². The van der Waals surface area contributed by atoms with E-state index in [1.807, 2.05) is 18.2 Å². The van der Waals surface area contributed by atoms with Crippen LogP contribution in [0.15, 0.2) is 60.3 Å². The average Bonchev–Trinajstić information content (AvgIpc) is 3.28. The molecule has 7 rings (SSSR count). The third-order valence-corrected chi connectivity index (χ3v) is 9.58. The van der Waals surface area contributed by atoms with Gasteiger partial charge >= 0.3 is 6.36 Å². The predicted octanol–water partition coefficient (Wildman–Crippen LogP) is 6.47. The number of piperidine rings is 4. The van der Waals surface area contributed by atoms with Gasteiger partial charge in [0, 0.05) is 53.4 Å². The van der Waals surface area contributed by atoms with E-state index in [1.165, 1.54) is 50.9 Å². The lowest BCUT2D eigenvalue weighted by molar-refractivity contribution is -0.274. The van der Waals surface area contributed by atoms with Gasteiger partial charge in [0.2, 0.25) is 5.91 Å². The lowest BCUT2D eigenvalue weighted by Crippen LogP contribution is -2.66. The number of halogens is 3. The van der Waals surface area contributed by atoms with Gasteiger partial charge in [-0.05, 0) is 93.3 Å². The fraction of sp³-hybridized carbons (Fsp3) is 0.469. The van der Waals surface area contributed by atoms with Gasteiger partial charge in [-0.1, -0.05) is 30.3 Å². The van der Waals surface area contributed by atoms with Crippen molar-refractivity contribution in [1.82, 2.24) is 14.4 Å². The summed E-state index contributed by atoms with van der Waals surface area (Å²) in [7, 11) is 0. The molecule has 0 N–H and O–H groups in total. The Bertz CT molecular complexity index is 1440. The summed E-state index contributed by atoms with van der Waals surface area (Å²) in [5.41, 5.74) is 3.78. The lowest BCUT2D eigenvalue weighted by Gasteiger charge is -2.58. The van der Waals surface area contributed by atoms with Crippen LogP contribution in [0, 0.1) is 11.8 Å². The molecule has 4 fully saturated rings. The number of amides is 1. The van der Waals surface area contributed by atoms with Crippen LogP contribution < -0.4 is 4.74 Å². The number of aromatic nitrogens is 1. The molecule has 3 aromatic rings. The number of hydrogen-bond donors (Lipinski definition) is 0. The van der Waals surface area contributed by atoms with Crippen molar-refractivity contribution in [2.24, 2.45) is 11.8 Å². The molecule has 0 aliphatic carbocycles. The van der Waals surface area contributed by atoms with Crippen LogP contribution in [-0.4, -0.2) is 58.4 Å². The summed E-state index contributed by atoms with van der Waals surface area (Å²) in [5, 5.41) is 1.07. The first kappa shape index (κ1) is 25.7. The quantitative estimate of drug-likeness (QED) is 0.350. The highest BCUT2D eigenvalue weighted by Crippen LogP contribution is 2.45. The molecule has 1 aromatic heterocycles. The van der Waals surface area contributed by atoms with Crippen molar-refractivity contribution < 1.29 is 22.7 Å². The topological polar surface area (TPSA) is 37.7 Å². The monoisotopic (exact) mass is 549 g/mol.